The number of para-hydroxylation sites is 1. The normalized spacial score (nSPS) is 11.6. The first-order valence-electron chi connectivity index (χ1n) is 9.39. The second-order valence-electron chi connectivity index (χ2n) is 6.49. The van der Waals surface area contributed by atoms with Crippen LogP contribution in [0.2, 0.25) is 0 Å². The molecule has 3 rings (SSSR count). The second kappa shape index (κ2) is 9.69. The molecule has 1 atom stereocenters. The molecule has 0 bridgehead atoms. The van der Waals surface area contributed by atoms with Crippen LogP contribution < -0.4 is 20.3 Å². The predicted octanol–water partition coefficient (Wildman–Crippen LogP) is 2.64. The Labute approximate surface area is 173 Å². The topological polar surface area (TPSA) is 82.5 Å². The molecular formula is C22H22FN3O4. The number of carbonyl (C=O) groups is 1. The van der Waals surface area contributed by atoms with Crippen LogP contribution in [0.15, 0.2) is 65.5 Å². The summed E-state index contributed by atoms with van der Waals surface area (Å²) in [5.74, 6) is -0.229. The summed E-state index contributed by atoms with van der Waals surface area (Å²) in [4.78, 5) is 24.3. The van der Waals surface area contributed by atoms with Crippen LogP contribution >= 0.6 is 0 Å². The Bertz CT molecular complexity index is 1070. The Morgan fingerprint density at radius 1 is 1.13 bits per heavy atom. The van der Waals surface area contributed by atoms with Crippen LogP contribution in [0, 0.1) is 5.82 Å². The highest BCUT2D eigenvalue weighted by Gasteiger charge is 2.16. The van der Waals surface area contributed by atoms with Crippen molar-refractivity contribution in [1.82, 2.24) is 15.1 Å². The summed E-state index contributed by atoms with van der Waals surface area (Å²) in [6.07, 6.45) is -0.891. The van der Waals surface area contributed by atoms with Crippen molar-refractivity contribution in [3.8, 4) is 22.8 Å². The average molecular weight is 411 g/mol. The predicted molar refractivity (Wildman–Crippen MR) is 110 cm³/mol. The van der Waals surface area contributed by atoms with Crippen molar-refractivity contribution in [1.29, 1.82) is 0 Å². The van der Waals surface area contributed by atoms with Crippen LogP contribution in [0.25, 0.3) is 11.3 Å². The van der Waals surface area contributed by atoms with Crippen molar-refractivity contribution in [3.63, 3.8) is 0 Å². The van der Waals surface area contributed by atoms with Gasteiger partial charge in [-0.1, -0.05) is 12.1 Å². The summed E-state index contributed by atoms with van der Waals surface area (Å²) in [5, 5.41) is 7.02. The van der Waals surface area contributed by atoms with E-state index >= 15 is 0 Å². The third kappa shape index (κ3) is 5.22. The largest absolute Gasteiger partial charge is 0.497 e. The Morgan fingerprint density at radius 2 is 1.87 bits per heavy atom. The van der Waals surface area contributed by atoms with E-state index in [0.29, 0.717) is 5.69 Å². The van der Waals surface area contributed by atoms with Gasteiger partial charge in [0, 0.05) is 18.2 Å². The van der Waals surface area contributed by atoms with Crippen molar-refractivity contribution in [2.75, 3.05) is 13.7 Å². The lowest BCUT2D eigenvalue weighted by Crippen LogP contribution is -2.39. The highest BCUT2D eigenvalue weighted by molar-refractivity contribution is 5.80. The fourth-order valence-corrected chi connectivity index (χ4v) is 2.74. The second-order valence-corrected chi connectivity index (χ2v) is 6.49. The van der Waals surface area contributed by atoms with Gasteiger partial charge < -0.3 is 14.8 Å². The van der Waals surface area contributed by atoms with Gasteiger partial charge in [0.25, 0.3) is 11.5 Å². The zero-order valence-electron chi connectivity index (χ0n) is 16.7. The van der Waals surface area contributed by atoms with Gasteiger partial charge in [0.2, 0.25) is 0 Å². The first-order chi connectivity index (χ1) is 14.5. The fourth-order valence-electron chi connectivity index (χ4n) is 2.74. The molecule has 0 radical (unpaired) electrons. The van der Waals surface area contributed by atoms with E-state index in [9.17, 15) is 14.0 Å². The molecule has 3 aromatic rings. The lowest BCUT2D eigenvalue weighted by molar-refractivity contribution is -0.127. The van der Waals surface area contributed by atoms with E-state index in [-0.39, 0.29) is 24.4 Å². The van der Waals surface area contributed by atoms with Gasteiger partial charge in [0.05, 0.1) is 19.3 Å². The average Bonchev–Trinajstić information content (AvgIpc) is 2.76. The van der Waals surface area contributed by atoms with Crippen molar-refractivity contribution in [2.24, 2.45) is 0 Å². The number of amides is 1. The highest BCUT2D eigenvalue weighted by Crippen LogP contribution is 2.19. The van der Waals surface area contributed by atoms with Crippen LogP contribution in [-0.4, -0.2) is 35.4 Å². The molecule has 8 heteroatoms. The summed E-state index contributed by atoms with van der Waals surface area (Å²) in [6.45, 7) is 1.88. The van der Waals surface area contributed by atoms with E-state index in [0.717, 1.165) is 11.3 Å². The molecule has 0 saturated carbocycles. The summed E-state index contributed by atoms with van der Waals surface area (Å²) in [7, 11) is 1.59. The number of hydrogen-bond donors (Lipinski definition) is 1. The molecule has 7 nitrogen and oxygen atoms in total. The zero-order chi connectivity index (χ0) is 21.5. The maximum atomic E-state index is 13.6. The van der Waals surface area contributed by atoms with Crippen LogP contribution in [-0.2, 0) is 11.3 Å². The Balaban J connectivity index is 1.59. The number of nitrogens with zero attached hydrogens (tertiary/aromatic N) is 2. The molecule has 156 valence electrons. The molecule has 2 aromatic carbocycles. The number of carbonyl (C=O) groups excluding carboxylic acids is 1. The van der Waals surface area contributed by atoms with E-state index in [2.05, 4.69) is 10.4 Å². The van der Waals surface area contributed by atoms with Crippen LogP contribution in [0.4, 0.5) is 4.39 Å². The van der Waals surface area contributed by atoms with Gasteiger partial charge in [-0.05, 0) is 49.4 Å². The molecule has 1 heterocycles. The molecule has 0 aliphatic heterocycles. The zero-order valence-corrected chi connectivity index (χ0v) is 16.7. The van der Waals surface area contributed by atoms with Crippen molar-refractivity contribution in [2.45, 2.75) is 19.6 Å². The van der Waals surface area contributed by atoms with Gasteiger partial charge in [-0.2, -0.15) is 5.10 Å². The summed E-state index contributed by atoms with van der Waals surface area (Å²) < 4.78 is 25.4. The molecule has 0 spiro atoms. The first-order valence-corrected chi connectivity index (χ1v) is 9.39. The van der Waals surface area contributed by atoms with Crippen LogP contribution in [0.5, 0.6) is 11.5 Å². The maximum absolute atomic E-state index is 13.6. The lowest BCUT2D eigenvalue weighted by atomic mass is 10.1. The van der Waals surface area contributed by atoms with Gasteiger partial charge in [0.1, 0.15) is 5.75 Å². The Morgan fingerprint density at radius 3 is 2.57 bits per heavy atom. The van der Waals surface area contributed by atoms with Crippen molar-refractivity contribution >= 4 is 5.91 Å². The third-order valence-corrected chi connectivity index (χ3v) is 4.38. The summed E-state index contributed by atoms with van der Waals surface area (Å²) in [6, 6.07) is 16.3. The third-order valence-electron chi connectivity index (χ3n) is 4.38. The molecule has 1 aromatic heterocycles. The van der Waals surface area contributed by atoms with Gasteiger partial charge >= 0.3 is 0 Å². The van der Waals surface area contributed by atoms with Crippen LogP contribution in [0.1, 0.15) is 6.92 Å². The number of ether oxygens (including phenoxy) is 2. The number of halogens is 1. The van der Waals surface area contributed by atoms with Crippen molar-refractivity contribution < 1.29 is 18.7 Å². The molecule has 30 heavy (non-hydrogen) atoms. The Hall–Kier alpha value is -3.68. The minimum atomic E-state index is -0.891. The standard InChI is InChI=1S/C22H22FN3O4/c1-15(30-20-6-4-3-5-18(20)23)22(28)24-13-14-26-21(27)12-11-19(25-26)16-7-9-17(29-2)10-8-16/h3-12,15H,13-14H2,1-2H3,(H,24,28). The lowest BCUT2D eigenvalue weighted by Gasteiger charge is -2.15. The van der Waals surface area contributed by atoms with Gasteiger partial charge in [-0.25, -0.2) is 9.07 Å². The molecular weight excluding hydrogens is 389 g/mol. The molecule has 0 saturated heterocycles. The van der Waals surface area contributed by atoms with E-state index in [1.807, 2.05) is 24.3 Å². The molecule has 0 aliphatic carbocycles. The summed E-state index contributed by atoms with van der Waals surface area (Å²) in [5.41, 5.74) is 1.18. The Kier molecular flexibility index (Phi) is 6.79. The SMILES string of the molecule is COc1ccc(-c2ccc(=O)n(CCNC(=O)C(C)Oc3ccccc3F)n2)cc1. The maximum Gasteiger partial charge on any atom is 0.266 e. The quantitative estimate of drug-likeness (QED) is 0.616. The number of methoxy groups -OCH3 is 1. The minimum Gasteiger partial charge on any atom is -0.497 e. The van der Waals surface area contributed by atoms with Crippen molar-refractivity contribution in [3.05, 3.63) is 76.8 Å². The smallest absolute Gasteiger partial charge is 0.266 e. The molecule has 1 amide bonds. The van der Waals surface area contributed by atoms with E-state index in [4.69, 9.17) is 9.47 Å². The number of rotatable bonds is 8. The number of nitrogens with one attached hydrogen (secondary N) is 1. The number of aromatic nitrogens is 2. The molecule has 0 aliphatic rings. The van der Waals surface area contributed by atoms with E-state index in [1.165, 1.54) is 35.9 Å². The first kappa shape index (κ1) is 21.0. The fraction of sp³-hybridized carbons (Fsp3) is 0.227. The molecule has 1 N–H and O–H groups in total. The van der Waals surface area contributed by atoms with Gasteiger partial charge in [-0.3, -0.25) is 9.59 Å². The monoisotopic (exact) mass is 411 g/mol. The van der Waals surface area contributed by atoms with Gasteiger partial charge in [-0.15, -0.1) is 0 Å². The highest BCUT2D eigenvalue weighted by atomic mass is 19.1. The summed E-state index contributed by atoms with van der Waals surface area (Å²) >= 11 is 0. The van der Waals surface area contributed by atoms with E-state index < -0.39 is 17.8 Å². The molecule has 0 fully saturated rings. The molecule has 1 unspecified atom stereocenters. The van der Waals surface area contributed by atoms with E-state index in [1.54, 1.807) is 19.2 Å². The number of hydrogen-bond acceptors (Lipinski definition) is 5. The minimum absolute atomic E-state index is 0.00484. The number of benzene rings is 2. The van der Waals surface area contributed by atoms with Crippen LogP contribution in [0.3, 0.4) is 0 Å². The van der Waals surface area contributed by atoms with Gasteiger partial charge in [0.15, 0.2) is 17.7 Å².